The second-order valence-corrected chi connectivity index (χ2v) is 5.55. The maximum Gasteiger partial charge on any atom is 0.356 e. The lowest BCUT2D eigenvalue weighted by Crippen LogP contribution is -2.41. The second kappa shape index (κ2) is 3.80. The zero-order valence-electron chi connectivity index (χ0n) is 11.7. The zero-order chi connectivity index (χ0) is 12.8. The summed E-state index contributed by atoms with van der Waals surface area (Å²) in [6.45, 7) is 13.2. The van der Waals surface area contributed by atoms with Gasteiger partial charge in [0, 0.05) is 39.8 Å². The minimum Gasteiger partial charge on any atom is -0.131 e. The molecular formula is C15H22N2+2. The highest BCUT2D eigenvalue weighted by atomic mass is 15.4. The van der Waals surface area contributed by atoms with Crippen molar-refractivity contribution in [3.63, 3.8) is 0 Å². The third-order valence-corrected chi connectivity index (χ3v) is 3.35. The second-order valence-electron chi connectivity index (χ2n) is 5.55. The molecule has 2 nitrogen and oxygen atoms in total. The van der Waals surface area contributed by atoms with E-state index in [0.717, 1.165) is 0 Å². The van der Waals surface area contributed by atoms with Crippen LogP contribution in [0.4, 0.5) is 11.4 Å². The normalized spacial score (nSPS) is 17.1. The van der Waals surface area contributed by atoms with E-state index in [0.29, 0.717) is 0 Å². The summed E-state index contributed by atoms with van der Waals surface area (Å²) in [6, 6.07) is 8.62. The maximum atomic E-state index is 2.41. The average Bonchev–Trinajstić information content (AvgIpc) is 2.42. The van der Waals surface area contributed by atoms with Crippen LogP contribution in [0.25, 0.3) is 0 Å². The number of nitrogens with zero attached hydrogens (tertiary/aromatic N) is 2. The van der Waals surface area contributed by atoms with Crippen LogP contribution in [0, 0.1) is 0 Å². The highest BCUT2D eigenvalue weighted by Crippen LogP contribution is 2.42. The zero-order valence-corrected chi connectivity index (χ0v) is 11.7. The fourth-order valence-electron chi connectivity index (χ4n) is 3.11. The fraction of sp³-hybridized carbons (Fsp3) is 0.467. The predicted molar refractivity (Wildman–Crippen MR) is 73.1 cm³/mol. The van der Waals surface area contributed by atoms with Crippen molar-refractivity contribution < 1.29 is 9.15 Å². The molecular weight excluding hydrogens is 208 g/mol. The van der Waals surface area contributed by atoms with Crippen LogP contribution in [0.15, 0.2) is 24.3 Å². The van der Waals surface area contributed by atoms with E-state index >= 15 is 0 Å². The Hall–Kier alpha value is -1.44. The molecule has 0 bridgehead atoms. The summed E-state index contributed by atoms with van der Waals surface area (Å²) in [4.78, 5) is 0. The molecule has 1 heterocycles. The van der Waals surface area contributed by atoms with Crippen molar-refractivity contribution in [3.05, 3.63) is 24.3 Å². The Labute approximate surface area is 104 Å². The van der Waals surface area contributed by atoms with E-state index < -0.39 is 0 Å². The van der Waals surface area contributed by atoms with Gasteiger partial charge in [-0.25, -0.2) is 0 Å². The van der Waals surface area contributed by atoms with Gasteiger partial charge >= 0.3 is 5.66 Å². The molecule has 0 unspecified atom stereocenters. The summed E-state index contributed by atoms with van der Waals surface area (Å²) in [5, 5.41) is 0. The molecule has 0 N–H and O–H groups in total. The van der Waals surface area contributed by atoms with E-state index in [1.165, 1.54) is 22.8 Å². The molecule has 0 atom stereocenters. The number of hydrogen-bond acceptors (Lipinski definition) is 0. The first-order chi connectivity index (χ1) is 7.87. The summed E-state index contributed by atoms with van der Waals surface area (Å²) in [5.74, 6) is 0. The van der Waals surface area contributed by atoms with Gasteiger partial charge in [-0.1, -0.05) is 12.1 Å². The van der Waals surface area contributed by atoms with Gasteiger partial charge < -0.3 is 0 Å². The summed E-state index contributed by atoms with van der Waals surface area (Å²) in [5.41, 5.74) is 5.23. The average molecular weight is 230 g/mol. The molecule has 0 saturated carbocycles. The van der Waals surface area contributed by atoms with Gasteiger partial charge in [0.05, 0.1) is 13.8 Å². The predicted octanol–water partition coefficient (Wildman–Crippen LogP) is 3.69. The van der Waals surface area contributed by atoms with Crippen LogP contribution in [-0.2, 0) is 0 Å². The molecule has 1 aromatic carbocycles. The van der Waals surface area contributed by atoms with Gasteiger partial charge in [0.1, 0.15) is 0 Å². The van der Waals surface area contributed by atoms with Crippen LogP contribution >= 0.6 is 0 Å². The Balaban J connectivity index is 2.88. The standard InChI is InChI=1S/C15H22N2/c1-11(2)16-13-9-7-8-10-14(13)17(12(3)4)15(16,5)6/h7-10H,1-6H3/q+2. The molecule has 0 aliphatic carbocycles. The first kappa shape index (κ1) is 12.0. The first-order valence-corrected chi connectivity index (χ1v) is 6.17. The van der Waals surface area contributed by atoms with E-state index in [-0.39, 0.29) is 5.66 Å². The van der Waals surface area contributed by atoms with Gasteiger partial charge in [-0.05, 0) is 0 Å². The highest BCUT2D eigenvalue weighted by molar-refractivity contribution is 5.79. The number of hydrogen-bond donors (Lipinski definition) is 0. The molecule has 90 valence electrons. The Kier molecular flexibility index (Phi) is 2.69. The minimum atomic E-state index is -0.0264. The van der Waals surface area contributed by atoms with Gasteiger partial charge in [0.2, 0.25) is 0 Å². The molecule has 0 aromatic heterocycles. The van der Waals surface area contributed by atoms with Crippen molar-refractivity contribution in [2.75, 3.05) is 0 Å². The van der Waals surface area contributed by atoms with Crippen LogP contribution < -0.4 is 0 Å². The summed E-state index contributed by atoms with van der Waals surface area (Å²) in [7, 11) is 0. The Morgan fingerprint density at radius 3 is 1.47 bits per heavy atom. The van der Waals surface area contributed by atoms with Crippen LogP contribution in [0.5, 0.6) is 0 Å². The van der Waals surface area contributed by atoms with Gasteiger partial charge in [-0.2, -0.15) is 0 Å². The lowest BCUT2D eigenvalue weighted by atomic mass is 10.2. The molecule has 1 aromatic rings. The van der Waals surface area contributed by atoms with Gasteiger partial charge in [0.15, 0.2) is 11.4 Å². The molecule has 0 spiro atoms. The quantitative estimate of drug-likeness (QED) is 0.600. The molecule has 1 aliphatic rings. The molecule has 0 radical (unpaired) electrons. The van der Waals surface area contributed by atoms with E-state index in [9.17, 15) is 0 Å². The Morgan fingerprint density at radius 1 is 0.824 bits per heavy atom. The third kappa shape index (κ3) is 1.63. The molecule has 17 heavy (non-hydrogen) atoms. The highest BCUT2D eigenvalue weighted by Gasteiger charge is 2.54. The van der Waals surface area contributed by atoms with E-state index in [2.05, 4.69) is 75.0 Å². The third-order valence-electron chi connectivity index (χ3n) is 3.35. The van der Waals surface area contributed by atoms with Gasteiger partial charge in [0.25, 0.3) is 11.4 Å². The van der Waals surface area contributed by atoms with Crippen molar-refractivity contribution in [2.45, 2.75) is 47.2 Å². The summed E-state index contributed by atoms with van der Waals surface area (Å²) < 4.78 is 4.82. The lowest BCUT2D eigenvalue weighted by molar-refractivity contribution is -0.725. The first-order valence-electron chi connectivity index (χ1n) is 6.17. The smallest absolute Gasteiger partial charge is 0.131 e. The lowest BCUT2D eigenvalue weighted by Gasteiger charge is -2.12. The maximum absolute atomic E-state index is 2.41. The van der Waals surface area contributed by atoms with Crippen LogP contribution in [-0.4, -0.2) is 26.2 Å². The van der Waals surface area contributed by atoms with Gasteiger partial charge in [-0.15, -0.1) is 9.15 Å². The monoisotopic (exact) mass is 230 g/mol. The molecule has 0 amide bonds. The van der Waals surface area contributed by atoms with Crippen LogP contribution in [0.3, 0.4) is 0 Å². The van der Waals surface area contributed by atoms with Crippen molar-refractivity contribution in [1.29, 1.82) is 0 Å². The van der Waals surface area contributed by atoms with Crippen molar-refractivity contribution in [2.24, 2.45) is 0 Å². The minimum absolute atomic E-state index is 0.0264. The Bertz CT molecular complexity index is 479. The van der Waals surface area contributed by atoms with Crippen LogP contribution in [0.2, 0.25) is 0 Å². The van der Waals surface area contributed by atoms with Gasteiger partial charge in [-0.3, -0.25) is 0 Å². The topological polar surface area (TPSA) is 6.02 Å². The number of benzene rings is 1. The van der Waals surface area contributed by atoms with E-state index in [1.807, 2.05) is 0 Å². The number of para-hydroxylation sites is 2. The Morgan fingerprint density at radius 2 is 1.18 bits per heavy atom. The summed E-state index contributed by atoms with van der Waals surface area (Å²) >= 11 is 0. The molecule has 0 fully saturated rings. The van der Waals surface area contributed by atoms with Crippen molar-refractivity contribution >= 4 is 22.8 Å². The van der Waals surface area contributed by atoms with Crippen molar-refractivity contribution in [1.82, 2.24) is 0 Å². The largest absolute Gasteiger partial charge is 0.356 e. The van der Waals surface area contributed by atoms with E-state index in [4.69, 9.17) is 0 Å². The summed E-state index contributed by atoms with van der Waals surface area (Å²) in [6.07, 6.45) is 0. The SMILES string of the molecule is CC(C)=[N+]1c2ccccc2[N+](=C(C)C)C1(C)C. The fourth-order valence-corrected chi connectivity index (χ4v) is 3.11. The molecule has 1 aliphatic heterocycles. The molecule has 0 saturated heterocycles. The van der Waals surface area contributed by atoms with Crippen LogP contribution in [0.1, 0.15) is 41.5 Å². The van der Waals surface area contributed by atoms with Crippen molar-refractivity contribution in [3.8, 4) is 0 Å². The number of rotatable bonds is 0. The number of fused-ring (bicyclic) bond motifs is 1. The molecule has 2 heteroatoms. The molecule has 2 rings (SSSR count). The van der Waals surface area contributed by atoms with E-state index in [1.54, 1.807) is 0 Å².